The molecule has 0 aliphatic carbocycles. The van der Waals surface area contributed by atoms with Crippen molar-refractivity contribution in [1.29, 1.82) is 0 Å². The van der Waals surface area contributed by atoms with Gasteiger partial charge < -0.3 is 9.30 Å². The molecule has 2 aromatic rings. The number of piperidine rings is 1. The van der Waals surface area contributed by atoms with E-state index in [4.69, 9.17) is 0 Å². The minimum atomic E-state index is 0.0633. The molecule has 1 amide bonds. The Morgan fingerprint density at radius 1 is 1.18 bits per heavy atom. The first kappa shape index (κ1) is 10.3. The van der Waals surface area contributed by atoms with E-state index in [1.165, 1.54) is 6.42 Å². The van der Waals surface area contributed by atoms with Crippen molar-refractivity contribution < 1.29 is 4.79 Å². The van der Waals surface area contributed by atoms with Gasteiger partial charge in [-0.2, -0.15) is 0 Å². The van der Waals surface area contributed by atoms with Crippen molar-refractivity contribution >= 4 is 11.6 Å². The first-order chi connectivity index (χ1) is 8.34. The van der Waals surface area contributed by atoms with Gasteiger partial charge in [-0.1, -0.05) is 6.07 Å². The van der Waals surface area contributed by atoms with Crippen molar-refractivity contribution in [1.82, 2.24) is 14.3 Å². The van der Waals surface area contributed by atoms with Gasteiger partial charge in [0.25, 0.3) is 5.91 Å². The number of fused-ring (bicyclic) bond motifs is 1. The summed E-state index contributed by atoms with van der Waals surface area (Å²) in [6.07, 6.45) is 7.18. The molecule has 1 aliphatic heterocycles. The molecular weight excluding hydrogens is 214 g/mol. The van der Waals surface area contributed by atoms with Crippen molar-refractivity contribution in [2.24, 2.45) is 0 Å². The van der Waals surface area contributed by atoms with E-state index < -0.39 is 0 Å². The third-order valence-corrected chi connectivity index (χ3v) is 3.23. The Balaban J connectivity index is 1.89. The molecule has 1 fully saturated rings. The van der Waals surface area contributed by atoms with Crippen LogP contribution in [-0.2, 0) is 0 Å². The SMILES string of the molecule is O=C(c1cn2ccccc2n1)N1CCCCC1. The molecule has 0 spiro atoms. The standard InChI is InChI=1S/C13H15N3O/c17-13(15-7-3-1-4-8-15)11-10-16-9-5-2-6-12(16)14-11/h2,5-6,9-10H,1,3-4,7-8H2. The first-order valence-corrected chi connectivity index (χ1v) is 6.07. The Morgan fingerprint density at radius 2 is 2.00 bits per heavy atom. The normalized spacial score (nSPS) is 16.4. The molecule has 3 rings (SSSR count). The number of rotatable bonds is 1. The fraction of sp³-hybridized carbons (Fsp3) is 0.385. The van der Waals surface area contributed by atoms with Crippen molar-refractivity contribution in [3.63, 3.8) is 0 Å². The smallest absolute Gasteiger partial charge is 0.274 e. The average Bonchev–Trinajstić information content (AvgIpc) is 2.82. The van der Waals surface area contributed by atoms with E-state index >= 15 is 0 Å². The van der Waals surface area contributed by atoms with Gasteiger partial charge in [0.1, 0.15) is 11.3 Å². The highest BCUT2D eigenvalue weighted by atomic mass is 16.2. The molecule has 0 atom stereocenters. The van der Waals surface area contributed by atoms with Gasteiger partial charge in [0.05, 0.1) is 0 Å². The number of likely N-dealkylation sites (tertiary alicyclic amines) is 1. The van der Waals surface area contributed by atoms with E-state index in [1.807, 2.05) is 39.9 Å². The third kappa shape index (κ3) is 1.90. The summed E-state index contributed by atoms with van der Waals surface area (Å²) >= 11 is 0. The maximum Gasteiger partial charge on any atom is 0.274 e. The lowest BCUT2D eigenvalue weighted by atomic mass is 10.1. The van der Waals surface area contributed by atoms with E-state index in [0.29, 0.717) is 5.69 Å². The topological polar surface area (TPSA) is 37.6 Å². The van der Waals surface area contributed by atoms with Gasteiger partial charge >= 0.3 is 0 Å². The summed E-state index contributed by atoms with van der Waals surface area (Å²) < 4.78 is 1.89. The van der Waals surface area contributed by atoms with Crippen LogP contribution in [0.5, 0.6) is 0 Å². The van der Waals surface area contributed by atoms with Crippen LogP contribution >= 0.6 is 0 Å². The lowest BCUT2D eigenvalue weighted by molar-refractivity contribution is 0.0719. The van der Waals surface area contributed by atoms with Crippen molar-refractivity contribution in [3.05, 3.63) is 36.3 Å². The molecule has 1 aliphatic rings. The zero-order valence-electron chi connectivity index (χ0n) is 9.67. The predicted octanol–water partition coefficient (Wildman–Crippen LogP) is 1.96. The summed E-state index contributed by atoms with van der Waals surface area (Å²) in [6, 6.07) is 5.77. The number of pyridine rings is 1. The van der Waals surface area contributed by atoms with Crippen LogP contribution in [0.25, 0.3) is 5.65 Å². The number of carbonyl (C=O) groups excluding carboxylic acids is 1. The van der Waals surface area contributed by atoms with Crippen LogP contribution in [0.3, 0.4) is 0 Å². The Hall–Kier alpha value is -1.84. The number of imidazole rings is 1. The second-order valence-corrected chi connectivity index (χ2v) is 4.45. The molecule has 3 heterocycles. The summed E-state index contributed by atoms with van der Waals surface area (Å²) in [6.45, 7) is 1.74. The van der Waals surface area contributed by atoms with Crippen LogP contribution in [0.1, 0.15) is 29.8 Å². The highest BCUT2D eigenvalue weighted by Crippen LogP contribution is 2.13. The monoisotopic (exact) mass is 229 g/mol. The minimum Gasteiger partial charge on any atom is -0.337 e. The van der Waals surface area contributed by atoms with Crippen molar-refractivity contribution in [2.75, 3.05) is 13.1 Å². The van der Waals surface area contributed by atoms with Crippen LogP contribution in [-0.4, -0.2) is 33.3 Å². The number of nitrogens with zero attached hydrogens (tertiary/aromatic N) is 3. The molecule has 2 aromatic heterocycles. The highest BCUT2D eigenvalue weighted by Gasteiger charge is 2.20. The third-order valence-electron chi connectivity index (χ3n) is 3.23. The van der Waals surface area contributed by atoms with Crippen LogP contribution in [0.4, 0.5) is 0 Å². The highest BCUT2D eigenvalue weighted by molar-refractivity contribution is 5.93. The van der Waals surface area contributed by atoms with Crippen LogP contribution in [0, 0.1) is 0 Å². The zero-order valence-corrected chi connectivity index (χ0v) is 9.67. The van der Waals surface area contributed by atoms with Gasteiger partial charge in [-0.05, 0) is 31.4 Å². The summed E-state index contributed by atoms with van der Waals surface area (Å²) in [5, 5.41) is 0. The van der Waals surface area contributed by atoms with Crippen LogP contribution < -0.4 is 0 Å². The van der Waals surface area contributed by atoms with Gasteiger partial charge in [-0.15, -0.1) is 0 Å². The first-order valence-electron chi connectivity index (χ1n) is 6.07. The van der Waals surface area contributed by atoms with Crippen LogP contribution in [0.15, 0.2) is 30.6 Å². The molecule has 0 saturated carbocycles. The van der Waals surface area contributed by atoms with E-state index in [0.717, 1.165) is 31.6 Å². The van der Waals surface area contributed by atoms with E-state index in [9.17, 15) is 4.79 Å². The Kier molecular flexibility index (Phi) is 2.55. The quantitative estimate of drug-likeness (QED) is 0.749. The van der Waals surface area contributed by atoms with Gasteiger partial charge in [-0.3, -0.25) is 4.79 Å². The van der Waals surface area contributed by atoms with E-state index in [2.05, 4.69) is 4.98 Å². The second-order valence-electron chi connectivity index (χ2n) is 4.45. The zero-order chi connectivity index (χ0) is 11.7. The Morgan fingerprint density at radius 3 is 2.76 bits per heavy atom. The van der Waals surface area contributed by atoms with Crippen molar-refractivity contribution in [2.45, 2.75) is 19.3 Å². The molecule has 0 unspecified atom stereocenters. The average molecular weight is 229 g/mol. The summed E-state index contributed by atoms with van der Waals surface area (Å²) in [4.78, 5) is 18.5. The number of aromatic nitrogens is 2. The predicted molar refractivity (Wildman–Crippen MR) is 64.9 cm³/mol. The second kappa shape index (κ2) is 4.20. The van der Waals surface area contributed by atoms with Gasteiger partial charge in [0, 0.05) is 25.5 Å². The Labute approximate surface area is 99.9 Å². The maximum atomic E-state index is 12.2. The molecule has 4 nitrogen and oxygen atoms in total. The van der Waals surface area contributed by atoms with Gasteiger partial charge in [0.15, 0.2) is 0 Å². The van der Waals surface area contributed by atoms with E-state index in [-0.39, 0.29) is 5.91 Å². The molecule has 4 heteroatoms. The molecule has 0 N–H and O–H groups in total. The number of carbonyl (C=O) groups is 1. The summed E-state index contributed by atoms with van der Waals surface area (Å²) in [5.41, 5.74) is 1.38. The molecule has 88 valence electrons. The summed E-state index contributed by atoms with van der Waals surface area (Å²) in [7, 11) is 0. The van der Waals surface area contributed by atoms with Gasteiger partial charge in [-0.25, -0.2) is 4.98 Å². The van der Waals surface area contributed by atoms with Gasteiger partial charge in [0.2, 0.25) is 0 Å². The largest absolute Gasteiger partial charge is 0.337 e. The van der Waals surface area contributed by atoms with Crippen molar-refractivity contribution in [3.8, 4) is 0 Å². The molecule has 0 aromatic carbocycles. The van der Waals surface area contributed by atoms with Crippen LogP contribution in [0.2, 0.25) is 0 Å². The lowest BCUT2D eigenvalue weighted by Crippen LogP contribution is -2.35. The summed E-state index contributed by atoms with van der Waals surface area (Å²) in [5.74, 6) is 0.0633. The maximum absolute atomic E-state index is 12.2. The molecule has 17 heavy (non-hydrogen) atoms. The molecule has 0 bridgehead atoms. The molecular formula is C13H15N3O. The molecule has 1 saturated heterocycles. The number of hydrogen-bond acceptors (Lipinski definition) is 2. The minimum absolute atomic E-state index is 0.0633. The Bertz CT molecular complexity index is 507. The molecule has 0 radical (unpaired) electrons. The number of amides is 1. The fourth-order valence-corrected chi connectivity index (χ4v) is 2.30. The van der Waals surface area contributed by atoms with E-state index in [1.54, 1.807) is 0 Å². The lowest BCUT2D eigenvalue weighted by Gasteiger charge is -2.25. The number of hydrogen-bond donors (Lipinski definition) is 0. The fourth-order valence-electron chi connectivity index (χ4n) is 2.30.